The van der Waals surface area contributed by atoms with E-state index in [0.29, 0.717) is 30.5 Å². The molecule has 2 aromatic rings. The summed E-state index contributed by atoms with van der Waals surface area (Å²) in [6.07, 6.45) is 2.95. The van der Waals surface area contributed by atoms with Gasteiger partial charge in [0.2, 0.25) is 5.91 Å². The third kappa shape index (κ3) is 5.33. The highest BCUT2D eigenvalue weighted by atomic mass is 79.9. The van der Waals surface area contributed by atoms with Crippen molar-refractivity contribution in [3.8, 4) is 0 Å². The van der Waals surface area contributed by atoms with Crippen molar-refractivity contribution in [2.75, 3.05) is 19.6 Å². The molecule has 0 N–H and O–H groups in total. The molecule has 30 heavy (non-hydrogen) atoms. The van der Waals surface area contributed by atoms with Crippen LogP contribution in [0.1, 0.15) is 28.8 Å². The largest absolute Gasteiger partial charge is 0.338 e. The van der Waals surface area contributed by atoms with E-state index >= 15 is 0 Å². The number of nitrogens with zero attached hydrogens (tertiary/aromatic N) is 2. The second-order valence-corrected chi connectivity index (χ2v) is 8.26. The van der Waals surface area contributed by atoms with Crippen molar-refractivity contribution in [1.29, 1.82) is 0 Å². The molecule has 1 unspecified atom stereocenters. The number of halogens is 3. The number of hydrogen-bond donors (Lipinski definition) is 0. The Morgan fingerprint density at radius 2 is 1.93 bits per heavy atom. The molecule has 1 aliphatic heterocycles. The first-order valence-corrected chi connectivity index (χ1v) is 10.6. The zero-order valence-electron chi connectivity index (χ0n) is 16.5. The highest BCUT2D eigenvalue weighted by Gasteiger charge is 2.31. The Morgan fingerprint density at radius 3 is 2.63 bits per heavy atom. The van der Waals surface area contributed by atoms with Gasteiger partial charge in [0.05, 0.1) is 5.92 Å². The number of carbonyl (C=O) groups is 2. The standard InChI is InChI=1S/C23H23BrF2N2O2/c1-2-11-27(15-18-13-19(24)7-10-21(18)26)23(30)17-4-3-12-28(14-17)22(29)16-5-8-20(25)9-6-16/h2,5-10,13,17H,1,3-4,11-12,14-15H2. The highest BCUT2D eigenvalue weighted by Crippen LogP contribution is 2.23. The number of carbonyl (C=O) groups excluding carboxylic acids is 2. The van der Waals surface area contributed by atoms with Crippen LogP contribution in [0.25, 0.3) is 0 Å². The molecular formula is C23H23BrF2N2O2. The molecule has 0 saturated carbocycles. The lowest BCUT2D eigenvalue weighted by molar-refractivity contribution is -0.137. The predicted octanol–water partition coefficient (Wildman–Crippen LogP) is 4.79. The lowest BCUT2D eigenvalue weighted by Crippen LogP contribution is -2.46. The van der Waals surface area contributed by atoms with Crippen LogP contribution in [0.2, 0.25) is 0 Å². The lowest BCUT2D eigenvalue weighted by atomic mass is 9.95. The second kappa shape index (κ2) is 9.98. The van der Waals surface area contributed by atoms with Gasteiger partial charge in [-0.05, 0) is 55.3 Å². The molecule has 0 aromatic heterocycles. The summed E-state index contributed by atoms with van der Waals surface area (Å²) >= 11 is 3.33. The smallest absolute Gasteiger partial charge is 0.253 e. The third-order valence-corrected chi connectivity index (χ3v) is 5.67. The van der Waals surface area contributed by atoms with E-state index in [1.165, 1.54) is 30.3 Å². The Bertz CT molecular complexity index is 933. The van der Waals surface area contributed by atoms with Crippen molar-refractivity contribution in [2.45, 2.75) is 19.4 Å². The summed E-state index contributed by atoms with van der Waals surface area (Å²) < 4.78 is 28.1. The molecule has 0 bridgehead atoms. The van der Waals surface area contributed by atoms with E-state index in [1.54, 1.807) is 28.0 Å². The van der Waals surface area contributed by atoms with Gasteiger partial charge in [-0.2, -0.15) is 0 Å². The van der Waals surface area contributed by atoms with E-state index < -0.39 is 5.82 Å². The molecule has 158 valence electrons. The molecule has 0 radical (unpaired) electrons. The van der Waals surface area contributed by atoms with Crippen LogP contribution in [-0.4, -0.2) is 41.2 Å². The van der Waals surface area contributed by atoms with Gasteiger partial charge in [0.1, 0.15) is 11.6 Å². The third-order valence-electron chi connectivity index (χ3n) is 5.18. The zero-order valence-corrected chi connectivity index (χ0v) is 18.1. The summed E-state index contributed by atoms with van der Waals surface area (Å²) in [4.78, 5) is 29.1. The number of benzene rings is 2. The molecular weight excluding hydrogens is 454 g/mol. The Balaban J connectivity index is 1.72. The summed E-state index contributed by atoms with van der Waals surface area (Å²) in [5.74, 6) is -1.51. The number of piperidine rings is 1. The van der Waals surface area contributed by atoms with E-state index in [4.69, 9.17) is 0 Å². The highest BCUT2D eigenvalue weighted by molar-refractivity contribution is 9.10. The van der Waals surface area contributed by atoms with Crippen LogP contribution in [0.4, 0.5) is 8.78 Å². The Kier molecular flexibility index (Phi) is 7.37. The molecule has 4 nitrogen and oxygen atoms in total. The topological polar surface area (TPSA) is 40.6 Å². The van der Waals surface area contributed by atoms with Crippen LogP contribution in [0.3, 0.4) is 0 Å². The molecule has 7 heteroatoms. The summed E-state index contributed by atoms with van der Waals surface area (Å²) in [6.45, 7) is 4.94. The molecule has 1 saturated heterocycles. The summed E-state index contributed by atoms with van der Waals surface area (Å²) in [5, 5.41) is 0. The summed E-state index contributed by atoms with van der Waals surface area (Å²) in [7, 11) is 0. The molecule has 1 aliphatic rings. The molecule has 1 atom stereocenters. The van der Waals surface area contributed by atoms with Gasteiger partial charge < -0.3 is 9.80 Å². The van der Waals surface area contributed by atoms with Crippen molar-refractivity contribution >= 4 is 27.7 Å². The molecule has 1 fully saturated rings. The van der Waals surface area contributed by atoms with Gasteiger partial charge in [-0.1, -0.05) is 22.0 Å². The van der Waals surface area contributed by atoms with Gasteiger partial charge in [-0.25, -0.2) is 8.78 Å². The normalized spacial score (nSPS) is 16.2. The molecule has 2 aromatic carbocycles. The Morgan fingerprint density at radius 1 is 1.20 bits per heavy atom. The minimum atomic E-state index is -0.405. The first-order chi connectivity index (χ1) is 14.4. The monoisotopic (exact) mass is 476 g/mol. The van der Waals surface area contributed by atoms with E-state index in [9.17, 15) is 18.4 Å². The van der Waals surface area contributed by atoms with Gasteiger partial charge in [0, 0.05) is 41.8 Å². The second-order valence-electron chi connectivity index (χ2n) is 7.34. The van der Waals surface area contributed by atoms with Gasteiger partial charge in [0.25, 0.3) is 5.91 Å². The van der Waals surface area contributed by atoms with Gasteiger partial charge in [-0.15, -0.1) is 6.58 Å². The molecule has 1 heterocycles. The molecule has 0 aliphatic carbocycles. The maximum Gasteiger partial charge on any atom is 0.253 e. The molecule has 3 rings (SSSR count). The minimum Gasteiger partial charge on any atom is -0.338 e. The maximum atomic E-state index is 14.2. The fourth-order valence-corrected chi connectivity index (χ4v) is 4.06. The number of hydrogen-bond acceptors (Lipinski definition) is 2. The van der Waals surface area contributed by atoms with Crippen LogP contribution in [0.5, 0.6) is 0 Å². The first kappa shape index (κ1) is 22.2. The lowest BCUT2D eigenvalue weighted by Gasteiger charge is -2.35. The zero-order chi connectivity index (χ0) is 21.7. The summed E-state index contributed by atoms with van der Waals surface area (Å²) in [5.41, 5.74) is 0.804. The average molecular weight is 477 g/mol. The van der Waals surface area contributed by atoms with Gasteiger partial charge >= 0.3 is 0 Å². The maximum absolute atomic E-state index is 14.2. The van der Waals surface area contributed by atoms with Gasteiger partial charge in [0.15, 0.2) is 0 Å². The van der Waals surface area contributed by atoms with Crippen molar-refractivity contribution in [3.05, 3.63) is 82.4 Å². The van der Waals surface area contributed by atoms with E-state index in [0.717, 1.165) is 4.47 Å². The minimum absolute atomic E-state index is 0.124. The van der Waals surface area contributed by atoms with Crippen LogP contribution >= 0.6 is 15.9 Å². The van der Waals surface area contributed by atoms with Crippen LogP contribution in [-0.2, 0) is 11.3 Å². The number of amides is 2. The Labute approximate surface area is 183 Å². The number of likely N-dealkylation sites (tertiary alicyclic amines) is 1. The summed E-state index contributed by atoms with van der Waals surface area (Å²) in [6, 6.07) is 10.0. The first-order valence-electron chi connectivity index (χ1n) is 9.77. The average Bonchev–Trinajstić information content (AvgIpc) is 2.75. The fraction of sp³-hybridized carbons (Fsp3) is 0.304. The van der Waals surface area contributed by atoms with Crippen molar-refractivity contribution in [3.63, 3.8) is 0 Å². The SMILES string of the molecule is C=CCN(Cc1cc(Br)ccc1F)C(=O)C1CCCN(C(=O)c2ccc(F)cc2)C1. The molecule has 0 spiro atoms. The van der Waals surface area contributed by atoms with Crippen LogP contribution in [0, 0.1) is 17.6 Å². The van der Waals surface area contributed by atoms with Crippen molar-refractivity contribution in [1.82, 2.24) is 9.80 Å². The predicted molar refractivity (Wildman–Crippen MR) is 115 cm³/mol. The Hall–Kier alpha value is -2.54. The van der Waals surface area contributed by atoms with Crippen molar-refractivity contribution < 1.29 is 18.4 Å². The fourth-order valence-electron chi connectivity index (χ4n) is 3.65. The van der Waals surface area contributed by atoms with Crippen molar-refractivity contribution in [2.24, 2.45) is 5.92 Å². The van der Waals surface area contributed by atoms with Crippen LogP contribution in [0.15, 0.2) is 59.6 Å². The van der Waals surface area contributed by atoms with Crippen LogP contribution < -0.4 is 0 Å². The van der Waals surface area contributed by atoms with E-state index in [1.807, 2.05) is 0 Å². The number of rotatable bonds is 6. The quantitative estimate of drug-likeness (QED) is 0.562. The molecule has 2 amide bonds. The van der Waals surface area contributed by atoms with Gasteiger partial charge in [-0.3, -0.25) is 9.59 Å². The van der Waals surface area contributed by atoms with E-state index in [-0.39, 0.29) is 43.2 Å². The van der Waals surface area contributed by atoms with E-state index in [2.05, 4.69) is 22.5 Å².